The van der Waals surface area contributed by atoms with E-state index < -0.39 is 6.10 Å². The van der Waals surface area contributed by atoms with Gasteiger partial charge in [-0.25, -0.2) is 4.98 Å². The lowest BCUT2D eigenvalue weighted by Crippen LogP contribution is -2.12. The Kier molecular flexibility index (Phi) is 2.82. The van der Waals surface area contributed by atoms with Crippen LogP contribution < -0.4 is 5.73 Å². The fourth-order valence-corrected chi connectivity index (χ4v) is 0.901. The quantitative estimate of drug-likeness (QED) is 0.647. The Morgan fingerprint density at radius 3 is 2.91 bits per heavy atom. The fourth-order valence-electron chi connectivity index (χ4n) is 0.730. The normalized spacial score (nSPS) is 13.0. The Bertz CT molecular complexity index is 242. The van der Waals surface area contributed by atoms with Crippen molar-refractivity contribution in [3.8, 4) is 0 Å². The van der Waals surface area contributed by atoms with E-state index in [4.69, 9.17) is 17.3 Å². The predicted octanol–water partition coefficient (Wildman–Crippen LogP) is 0.727. The first-order valence-corrected chi connectivity index (χ1v) is 3.62. The van der Waals surface area contributed by atoms with E-state index in [-0.39, 0.29) is 6.54 Å². The molecule has 1 aromatic heterocycles. The van der Waals surface area contributed by atoms with E-state index in [1.807, 2.05) is 0 Å². The summed E-state index contributed by atoms with van der Waals surface area (Å²) in [5.41, 5.74) is 5.73. The van der Waals surface area contributed by atoms with Crippen LogP contribution in [-0.4, -0.2) is 16.6 Å². The first-order chi connectivity index (χ1) is 5.24. The van der Waals surface area contributed by atoms with Crippen LogP contribution in [0, 0.1) is 0 Å². The smallest absolute Gasteiger partial charge is 0.129 e. The minimum atomic E-state index is -0.714. The van der Waals surface area contributed by atoms with E-state index >= 15 is 0 Å². The molecule has 0 aliphatic heterocycles. The summed E-state index contributed by atoms with van der Waals surface area (Å²) in [5, 5.41) is 9.58. The number of nitrogens with zero attached hydrogens (tertiary/aromatic N) is 1. The molecule has 0 spiro atoms. The van der Waals surface area contributed by atoms with Crippen LogP contribution in [0.1, 0.15) is 11.8 Å². The number of aromatic nitrogens is 1. The van der Waals surface area contributed by atoms with Crippen molar-refractivity contribution in [2.45, 2.75) is 6.10 Å². The second-order valence-electron chi connectivity index (χ2n) is 2.14. The van der Waals surface area contributed by atoms with Crippen molar-refractivity contribution in [1.82, 2.24) is 4.98 Å². The molecule has 0 fully saturated rings. The Hall–Kier alpha value is -0.640. The van der Waals surface area contributed by atoms with Crippen LogP contribution in [0.15, 0.2) is 18.2 Å². The number of nitrogens with two attached hydrogens (primary N) is 1. The summed E-state index contributed by atoms with van der Waals surface area (Å²) in [7, 11) is 0. The molecule has 0 bridgehead atoms. The highest BCUT2D eigenvalue weighted by atomic mass is 35.5. The molecule has 3 nitrogen and oxygen atoms in total. The molecule has 1 aromatic rings. The first kappa shape index (κ1) is 8.46. The number of hydrogen-bond acceptors (Lipinski definition) is 3. The summed E-state index contributed by atoms with van der Waals surface area (Å²) in [4.78, 5) is 3.88. The van der Waals surface area contributed by atoms with Crippen LogP contribution in [-0.2, 0) is 0 Å². The molecular formula is C7H9ClN2O. The maximum atomic E-state index is 9.21. The number of hydrogen-bond donors (Lipinski definition) is 2. The van der Waals surface area contributed by atoms with Gasteiger partial charge < -0.3 is 10.8 Å². The van der Waals surface area contributed by atoms with Gasteiger partial charge in [-0.15, -0.1) is 0 Å². The van der Waals surface area contributed by atoms with E-state index in [0.29, 0.717) is 10.8 Å². The van der Waals surface area contributed by atoms with Gasteiger partial charge in [-0.3, -0.25) is 0 Å². The highest BCUT2D eigenvalue weighted by molar-refractivity contribution is 6.29. The SMILES string of the molecule is NC[C@H](O)c1cccc(Cl)n1. The summed E-state index contributed by atoms with van der Waals surface area (Å²) in [5.74, 6) is 0. The van der Waals surface area contributed by atoms with Gasteiger partial charge in [0.1, 0.15) is 11.3 Å². The average Bonchev–Trinajstić information content (AvgIpc) is 2.03. The number of aliphatic hydroxyl groups is 1. The molecule has 0 saturated heterocycles. The van der Waals surface area contributed by atoms with Crippen molar-refractivity contribution < 1.29 is 5.11 Å². The summed E-state index contributed by atoms with van der Waals surface area (Å²) in [6.45, 7) is 0.160. The molecule has 0 radical (unpaired) electrons. The summed E-state index contributed by atoms with van der Waals surface area (Å²) < 4.78 is 0. The second kappa shape index (κ2) is 3.67. The summed E-state index contributed by atoms with van der Waals surface area (Å²) in [6.07, 6.45) is -0.714. The third kappa shape index (κ3) is 2.15. The molecule has 1 atom stereocenters. The van der Waals surface area contributed by atoms with Crippen molar-refractivity contribution in [3.05, 3.63) is 29.0 Å². The number of rotatable bonds is 2. The first-order valence-electron chi connectivity index (χ1n) is 3.24. The minimum Gasteiger partial charge on any atom is -0.385 e. The summed E-state index contributed by atoms with van der Waals surface area (Å²) in [6, 6.07) is 5.06. The van der Waals surface area contributed by atoms with Crippen LogP contribution in [0.2, 0.25) is 5.15 Å². The molecule has 3 N–H and O–H groups in total. The number of aliphatic hydroxyl groups excluding tert-OH is 1. The lowest BCUT2D eigenvalue weighted by atomic mass is 10.2. The highest BCUT2D eigenvalue weighted by Gasteiger charge is 2.05. The van der Waals surface area contributed by atoms with Crippen molar-refractivity contribution in [2.24, 2.45) is 5.73 Å². The zero-order valence-electron chi connectivity index (χ0n) is 5.87. The van der Waals surface area contributed by atoms with Crippen LogP contribution in [0.3, 0.4) is 0 Å². The Morgan fingerprint density at radius 1 is 1.64 bits per heavy atom. The van der Waals surface area contributed by atoms with Gasteiger partial charge in [-0.2, -0.15) is 0 Å². The molecule has 1 heterocycles. The third-order valence-corrected chi connectivity index (χ3v) is 1.51. The molecule has 0 amide bonds. The highest BCUT2D eigenvalue weighted by Crippen LogP contribution is 2.11. The lowest BCUT2D eigenvalue weighted by Gasteiger charge is -2.05. The molecule has 0 unspecified atom stereocenters. The van der Waals surface area contributed by atoms with Crippen LogP contribution in [0.4, 0.5) is 0 Å². The molecule has 0 aliphatic carbocycles. The van der Waals surface area contributed by atoms with Gasteiger partial charge in [-0.05, 0) is 12.1 Å². The van der Waals surface area contributed by atoms with Gasteiger partial charge in [0.05, 0.1) is 5.69 Å². The standard InChI is InChI=1S/C7H9ClN2O/c8-7-3-1-2-5(10-7)6(11)4-9/h1-3,6,11H,4,9H2/t6-/m0/s1. The second-order valence-corrected chi connectivity index (χ2v) is 2.52. The monoisotopic (exact) mass is 172 g/mol. The van der Waals surface area contributed by atoms with Gasteiger partial charge >= 0.3 is 0 Å². The number of pyridine rings is 1. The third-order valence-electron chi connectivity index (χ3n) is 1.30. The molecular weight excluding hydrogens is 164 g/mol. The largest absolute Gasteiger partial charge is 0.385 e. The molecule has 0 saturated carbocycles. The number of halogens is 1. The molecule has 11 heavy (non-hydrogen) atoms. The molecule has 60 valence electrons. The van der Waals surface area contributed by atoms with E-state index in [9.17, 15) is 5.11 Å². The van der Waals surface area contributed by atoms with Gasteiger partial charge in [0.15, 0.2) is 0 Å². The van der Waals surface area contributed by atoms with Crippen molar-refractivity contribution in [3.63, 3.8) is 0 Å². The average molecular weight is 173 g/mol. The Labute approximate surface area is 69.8 Å². The van der Waals surface area contributed by atoms with E-state index in [1.165, 1.54) is 0 Å². The van der Waals surface area contributed by atoms with Crippen LogP contribution >= 0.6 is 11.6 Å². The van der Waals surface area contributed by atoms with E-state index in [0.717, 1.165) is 0 Å². The molecule has 1 rings (SSSR count). The maximum Gasteiger partial charge on any atom is 0.129 e. The van der Waals surface area contributed by atoms with Crippen molar-refractivity contribution >= 4 is 11.6 Å². The summed E-state index contributed by atoms with van der Waals surface area (Å²) >= 11 is 5.58. The maximum absolute atomic E-state index is 9.21. The molecule has 0 aliphatic rings. The predicted molar refractivity (Wildman–Crippen MR) is 43.3 cm³/mol. The van der Waals surface area contributed by atoms with Gasteiger partial charge in [0.25, 0.3) is 0 Å². The zero-order chi connectivity index (χ0) is 8.27. The topological polar surface area (TPSA) is 59.1 Å². The Morgan fingerprint density at radius 2 is 2.36 bits per heavy atom. The lowest BCUT2D eigenvalue weighted by molar-refractivity contribution is 0.182. The van der Waals surface area contributed by atoms with Gasteiger partial charge in [-0.1, -0.05) is 17.7 Å². The van der Waals surface area contributed by atoms with E-state index in [2.05, 4.69) is 4.98 Å². The van der Waals surface area contributed by atoms with Crippen LogP contribution in [0.5, 0.6) is 0 Å². The molecule has 0 aromatic carbocycles. The minimum absolute atomic E-state index is 0.160. The Balaban J connectivity index is 2.86. The zero-order valence-corrected chi connectivity index (χ0v) is 6.62. The molecule has 4 heteroatoms. The van der Waals surface area contributed by atoms with Gasteiger partial charge in [0, 0.05) is 6.54 Å². The fraction of sp³-hybridized carbons (Fsp3) is 0.286. The van der Waals surface area contributed by atoms with Gasteiger partial charge in [0.2, 0.25) is 0 Å². The van der Waals surface area contributed by atoms with Crippen molar-refractivity contribution in [1.29, 1.82) is 0 Å². The van der Waals surface area contributed by atoms with Crippen LogP contribution in [0.25, 0.3) is 0 Å². The van der Waals surface area contributed by atoms with Crippen molar-refractivity contribution in [2.75, 3.05) is 6.54 Å². The van der Waals surface area contributed by atoms with E-state index in [1.54, 1.807) is 18.2 Å².